The van der Waals surface area contributed by atoms with Crippen LogP contribution in [0.5, 0.6) is 0 Å². The summed E-state index contributed by atoms with van der Waals surface area (Å²) < 4.78 is 0. The lowest BCUT2D eigenvalue weighted by atomic mass is 9.67. The Morgan fingerprint density at radius 1 is 0.333 bits per heavy atom. The highest BCUT2D eigenvalue weighted by atomic mass is 15.1. The van der Waals surface area contributed by atoms with Crippen molar-refractivity contribution in [1.29, 1.82) is 0 Å². The lowest BCUT2D eigenvalue weighted by molar-refractivity contribution is 0.659. The first kappa shape index (κ1) is 43.5. The van der Waals surface area contributed by atoms with Crippen LogP contribution in [0.3, 0.4) is 0 Å². The molecule has 0 fully saturated rings. The maximum Gasteiger partial charge on any atom is 0.0714 e. The average molecular weight is 922 g/mol. The van der Waals surface area contributed by atoms with Gasteiger partial charge in [-0.3, -0.25) is 0 Å². The SMILES string of the molecule is CC(C)c1ccccc1N(c1ccc(-c2ccccc2)cc1)c1cc(-c2ccc3ccccc3c2)ccc1-c1cccc2c1-c1ccccc1C2(c1ccccc1)c1ccc2c(c1)-c1ccccc1C2(C)C. The second-order valence-electron chi connectivity index (χ2n) is 20.6. The van der Waals surface area contributed by atoms with Crippen molar-refractivity contribution in [1.82, 2.24) is 0 Å². The van der Waals surface area contributed by atoms with Gasteiger partial charge in [0.2, 0.25) is 0 Å². The molecule has 2 aliphatic carbocycles. The average Bonchev–Trinajstić information content (AvgIpc) is 3.87. The molecule has 0 saturated heterocycles. The largest absolute Gasteiger partial charge is 0.310 e. The number of nitrogens with zero attached hydrogens (tertiary/aromatic N) is 1. The van der Waals surface area contributed by atoms with E-state index in [4.69, 9.17) is 0 Å². The summed E-state index contributed by atoms with van der Waals surface area (Å²) in [6.07, 6.45) is 0. The van der Waals surface area contributed by atoms with Gasteiger partial charge in [0.1, 0.15) is 0 Å². The number of benzene rings is 11. The second-order valence-corrected chi connectivity index (χ2v) is 20.6. The van der Waals surface area contributed by atoms with Crippen LogP contribution in [0.15, 0.2) is 255 Å². The van der Waals surface area contributed by atoms with Crippen molar-refractivity contribution in [2.75, 3.05) is 4.90 Å². The molecule has 1 unspecified atom stereocenters. The fourth-order valence-corrected chi connectivity index (χ4v) is 12.5. The summed E-state index contributed by atoms with van der Waals surface area (Å²) in [6, 6.07) is 95.6. The van der Waals surface area contributed by atoms with E-state index in [-0.39, 0.29) is 11.3 Å². The summed E-state index contributed by atoms with van der Waals surface area (Å²) in [6.45, 7) is 9.37. The molecule has 0 N–H and O–H groups in total. The predicted molar refractivity (Wildman–Crippen MR) is 304 cm³/mol. The number of para-hydroxylation sites is 1. The maximum absolute atomic E-state index is 2.54. The van der Waals surface area contributed by atoms with Crippen molar-refractivity contribution in [3.63, 3.8) is 0 Å². The van der Waals surface area contributed by atoms with Crippen LogP contribution >= 0.6 is 0 Å². The van der Waals surface area contributed by atoms with Crippen LogP contribution in [0.2, 0.25) is 0 Å². The maximum atomic E-state index is 2.54. The first-order chi connectivity index (χ1) is 35.3. The van der Waals surface area contributed by atoms with Crippen LogP contribution in [0.1, 0.15) is 72.6 Å². The van der Waals surface area contributed by atoms with Crippen LogP contribution in [0.25, 0.3) is 66.4 Å². The third-order valence-electron chi connectivity index (χ3n) is 15.9. The Bertz CT molecular complexity index is 3860. The molecule has 2 aliphatic rings. The normalized spacial score (nSPS) is 15.0. The third kappa shape index (κ3) is 6.75. The molecule has 0 bridgehead atoms. The monoisotopic (exact) mass is 921 g/mol. The van der Waals surface area contributed by atoms with Gasteiger partial charge in [-0.15, -0.1) is 0 Å². The zero-order valence-corrected chi connectivity index (χ0v) is 41.3. The highest BCUT2D eigenvalue weighted by Gasteiger charge is 2.48. The summed E-state index contributed by atoms with van der Waals surface area (Å²) in [5.74, 6) is 0.281. The van der Waals surface area contributed by atoms with E-state index in [9.17, 15) is 0 Å². The van der Waals surface area contributed by atoms with E-state index in [0.717, 1.165) is 11.4 Å². The molecule has 11 aromatic carbocycles. The van der Waals surface area contributed by atoms with E-state index in [0.29, 0.717) is 0 Å². The molecular formula is C71H55N. The molecule has 72 heavy (non-hydrogen) atoms. The number of hydrogen-bond donors (Lipinski definition) is 0. The van der Waals surface area contributed by atoms with Crippen molar-refractivity contribution in [2.45, 2.75) is 44.4 Å². The summed E-state index contributed by atoms with van der Waals surface area (Å²) in [7, 11) is 0. The Balaban J connectivity index is 1.10. The van der Waals surface area contributed by atoms with Crippen molar-refractivity contribution < 1.29 is 0 Å². The number of hydrogen-bond acceptors (Lipinski definition) is 1. The first-order valence-corrected chi connectivity index (χ1v) is 25.5. The molecule has 1 heteroatoms. The molecular weight excluding hydrogens is 867 g/mol. The molecule has 0 spiro atoms. The number of rotatable bonds is 9. The van der Waals surface area contributed by atoms with Gasteiger partial charge in [-0.25, -0.2) is 0 Å². The molecule has 1 nitrogen and oxygen atoms in total. The third-order valence-corrected chi connectivity index (χ3v) is 15.9. The van der Waals surface area contributed by atoms with Crippen molar-refractivity contribution in [2.24, 2.45) is 0 Å². The van der Waals surface area contributed by atoms with Crippen LogP contribution in [-0.2, 0) is 10.8 Å². The minimum atomic E-state index is -0.595. The zero-order valence-electron chi connectivity index (χ0n) is 41.3. The van der Waals surface area contributed by atoms with Crippen LogP contribution in [0, 0.1) is 0 Å². The Kier molecular flexibility index (Phi) is 10.3. The molecule has 0 radical (unpaired) electrons. The Labute approximate surface area is 424 Å². The highest BCUT2D eigenvalue weighted by molar-refractivity contribution is 6.02. The molecule has 0 saturated carbocycles. The van der Waals surface area contributed by atoms with E-state index in [1.807, 2.05) is 0 Å². The van der Waals surface area contributed by atoms with E-state index < -0.39 is 5.41 Å². The Morgan fingerprint density at radius 3 is 1.71 bits per heavy atom. The van der Waals surface area contributed by atoms with Gasteiger partial charge in [0, 0.05) is 22.4 Å². The smallest absolute Gasteiger partial charge is 0.0714 e. The van der Waals surface area contributed by atoms with Crippen molar-refractivity contribution in [3.8, 4) is 55.6 Å². The lowest BCUT2D eigenvalue weighted by Crippen LogP contribution is -2.28. The molecule has 11 aromatic rings. The first-order valence-electron chi connectivity index (χ1n) is 25.5. The molecule has 0 heterocycles. The second kappa shape index (κ2) is 17.1. The van der Waals surface area contributed by atoms with Gasteiger partial charge in [0.15, 0.2) is 0 Å². The molecule has 344 valence electrons. The van der Waals surface area contributed by atoms with Gasteiger partial charge in [-0.2, -0.15) is 0 Å². The van der Waals surface area contributed by atoms with Gasteiger partial charge in [0.25, 0.3) is 0 Å². The molecule has 0 aliphatic heterocycles. The van der Waals surface area contributed by atoms with Gasteiger partial charge in [-0.05, 0) is 142 Å². The van der Waals surface area contributed by atoms with E-state index >= 15 is 0 Å². The Hall–Kier alpha value is -8.52. The van der Waals surface area contributed by atoms with Gasteiger partial charge in [-0.1, -0.05) is 246 Å². The van der Waals surface area contributed by atoms with Crippen molar-refractivity contribution in [3.05, 3.63) is 294 Å². The van der Waals surface area contributed by atoms with Crippen LogP contribution in [-0.4, -0.2) is 0 Å². The predicted octanol–water partition coefficient (Wildman–Crippen LogP) is 19.1. The quantitative estimate of drug-likeness (QED) is 0.139. The number of fused-ring (bicyclic) bond motifs is 7. The highest BCUT2D eigenvalue weighted by Crippen LogP contribution is 2.61. The topological polar surface area (TPSA) is 3.24 Å². The van der Waals surface area contributed by atoms with E-state index in [1.165, 1.54) is 111 Å². The molecule has 13 rings (SSSR count). The van der Waals surface area contributed by atoms with E-state index in [2.05, 4.69) is 287 Å². The van der Waals surface area contributed by atoms with Crippen LogP contribution in [0.4, 0.5) is 17.1 Å². The summed E-state index contributed by atoms with van der Waals surface area (Å²) in [5, 5.41) is 2.47. The zero-order chi connectivity index (χ0) is 48.6. The van der Waals surface area contributed by atoms with Gasteiger partial charge in [0.05, 0.1) is 11.1 Å². The fraction of sp³-hybridized carbons (Fsp3) is 0.0986. The summed E-state index contributed by atoms with van der Waals surface area (Å²) in [4.78, 5) is 2.54. The summed E-state index contributed by atoms with van der Waals surface area (Å²) >= 11 is 0. The molecule has 1 atom stereocenters. The van der Waals surface area contributed by atoms with E-state index in [1.54, 1.807) is 0 Å². The summed E-state index contributed by atoms with van der Waals surface area (Å²) in [5.41, 5.74) is 24.2. The molecule has 0 amide bonds. The fourth-order valence-electron chi connectivity index (χ4n) is 12.5. The van der Waals surface area contributed by atoms with Gasteiger partial charge < -0.3 is 4.90 Å². The Morgan fingerprint density at radius 2 is 0.917 bits per heavy atom. The number of anilines is 3. The van der Waals surface area contributed by atoms with Crippen LogP contribution < -0.4 is 4.90 Å². The lowest BCUT2D eigenvalue weighted by Gasteiger charge is -2.35. The van der Waals surface area contributed by atoms with Gasteiger partial charge >= 0.3 is 0 Å². The standard InChI is InChI=1S/C71H55N/c1-47(2)57-26-15-18-33-67(57)72(56-40-36-50(37-41-56)48-20-7-5-8-21-48)68-45-53(52-35-34-49-22-11-12-23-51(49)44-52)38-42-59(68)60-29-19-32-66-69(60)61-28-14-17-31-65(61)71(66,54-24-9-6-10-25-54)55-39-43-64-62(46-55)58-27-13-16-30-63(58)70(64,3)4/h5-47H,1-4H3. The minimum absolute atomic E-state index is 0.0969. The minimum Gasteiger partial charge on any atom is -0.310 e. The van der Waals surface area contributed by atoms with Crippen molar-refractivity contribution >= 4 is 27.8 Å². The molecule has 0 aromatic heterocycles.